The van der Waals surface area contributed by atoms with Gasteiger partial charge in [0, 0.05) is 18.3 Å². The second-order valence-electron chi connectivity index (χ2n) is 7.16. The molecule has 0 N–H and O–H groups in total. The number of hydrogen-bond acceptors (Lipinski definition) is 2. The molecule has 1 atom stereocenters. The predicted molar refractivity (Wildman–Crippen MR) is 93.0 cm³/mol. The van der Waals surface area contributed by atoms with Gasteiger partial charge in [-0.1, -0.05) is 26.3 Å². The summed E-state index contributed by atoms with van der Waals surface area (Å²) in [6, 6.07) is 2.77. The Morgan fingerprint density at radius 3 is 2.29 bits per heavy atom. The predicted octanol–water partition coefficient (Wildman–Crippen LogP) is 5.17. The summed E-state index contributed by atoms with van der Waals surface area (Å²) in [5.41, 5.74) is 7.98. The van der Waals surface area contributed by atoms with Crippen molar-refractivity contribution in [3.05, 3.63) is 28.6 Å². The first kappa shape index (κ1) is 16.1. The monoisotopic (exact) mass is 286 g/mol. The van der Waals surface area contributed by atoms with Crippen LogP contribution in [0.1, 0.15) is 71.3 Å². The van der Waals surface area contributed by atoms with Crippen molar-refractivity contribution in [1.29, 1.82) is 0 Å². The number of hydrogen-bond donors (Lipinski definition) is 0. The van der Waals surface area contributed by atoms with Crippen molar-refractivity contribution in [2.24, 2.45) is 5.92 Å². The molecule has 0 bridgehead atoms. The van der Waals surface area contributed by atoms with Crippen molar-refractivity contribution in [3.63, 3.8) is 0 Å². The van der Waals surface area contributed by atoms with E-state index >= 15 is 0 Å². The van der Waals surface area contributed by atoms with Crippen molar-refractivity contribution in [2.45, 2.75) is 67.3 Å². The van der Waals surface area contributed by atoms with Crippen LogP contribution < -0.4 is 4.90 Å². The summed E-state index contributed by atoms with van der Waals surface area (Å²) in [5, 5.41) is 0. The fraction of sp³-hybridized carbons (Fsp3) is 0.632. The molecule has 2 heterocycles. The van der Waals surface area contributed by atoms with Gasteiger partial charge in [-0.3, -0.25) is 4.98 Å². The van der Waals surface area contributed by atoms with Gasteiger partial charge in [-0.05, 0) is 63.7 Å². The molecule has 1 aromatic heterocycles. The van der Waals surface area contributed by atoms with Crippen LogP contribution in [-0.2, 0) is 0 Å². The van der Waals surface area contributed by atoms with E-state index in [1.54, 1.807) is 0 Å². The van der Waals surface area contributed by atoms with Gasteiger partial charge in [-0.25, -0.2) is 0 Å². The minimum absolute atomic E-state index is 0.493. The average molecular weight is 286 g/mol. The lowest BCUT2D eigenvalue weighted by atomic mass is 9.95. The van der Waals surface area contributed by atoms with Crippen molar-refractivity contribution in [3.8, 4) is 0 Å². The van der Waals surface area contributed by atoms with Crippen molar-refractivity contribution in [1.82, 2.24) is 4.98 Å². The van der Waals surface area contributed by atoms with E-state index in [0.717, 1.165) is 12.2 Å². The Hall–Kier alpha value is -1.31. The second kappa shape index (κ2) is 5.82. The molecule has 0 radical (unpaired) electrons. The fourth-order valence-corrected chi connectivity index (χ4v) is 3.24. The highest BCUT2D eigenvalue weighted by Gasteiger charge is 2.28. The molecule has 0 aromatic carbocycles. The number of nitrogens with zero attached hydrogens (tertiary/aromatic N) is 2. The molecule has 116 valence electrons. The first-order valence-corrected chi connectivity index (χ1v) is 8.19. The number of allylic oxidation sites excluding steroid dienone is 1. The van der Waals surface area contributed by atoms with Gasteiger partial charge in [-0.2, -0.15) is 0 Å². The van der Waals surface area contributed by atoms with Crippen LogP contribution in [0.25, 0.3) is 5.57 Å². The van der Waals surface area contributed by atoms with Gasteiger partial charge in [0.2, 0.25) is 0 Å². The summed E-state index contributed by atoms with van der Waals surface area (Å²) in [5.74, 6) is 1.09. The van der Waals surface area contributed by atoms with Crippen LogP contribution in [0, 0.1) is 12.8 Å². The SMILES string of the molecule is CC1=C(C)[C@H](C)CN(C(C)C)c2c(C(C)C)cc(C)nc21. The third-order valence-electron chi connectivity index (χ3n) is 4.84. The lowest BCUT2D eigenvalue weighted by Crippen LogP contribution is -2.35. The van der Waals surface area contributed by atoms with E-state index in [-0.39, 0.29) is 0 Å². The van der Waals surface area contributed by atoms with Crippen LogP contribution >= 0.6 is 0 Å². The second-order valence-corrected chi connectivity index (χ2v) is 7.16. The van der Waals surface area contributed by atoms with Gasteiger partial charge >= 0.3 is 0 Å². The Kier molecular flexibility index (Phi) is 4.46. The fourth-order valence-electron chi connectivity index (χ4n) is 3.24. The Labute approximate surface area is 130 Å². The van der Waals surface area contributed by atoms with Crippen molar-refractivity contribution < 1.29 is 0 Å². The smallest absolute Gasteiger partial charge is 0.0897 e. The van der Waals surface area contributed by atoms with E-state index < -0.39 is 0 Å². The molecular formula is C19H30N2. The normalized spacial score (nSPS) is 19.3. The highest BCUT2D eigenvalue weighted by Crippen LogP contribution is 2.40. The molecule has 0 saturated heterocycles. The molecule has 1 aliphatic rings. The molecule has 21 heavy (non-hydrogen) atoms. The maximum absolute atomic E-state index is 4.92. The number of fused-ring (bicyclic) bond motifs is 1. The summed E-state index contributed by atoms with van der Waals surface area (Å²) < 4.78 is 0. The highest BCUT2D eigenvalue weighted by molar-refractivity contribution is 5.79. The van der Waals surface area contributed by atoms with Crippen LogP contribution in [0.3, 0.4) is 0 Å². The number of pyridine rings is 1. The molecule has 0 fully saturated rings. The molecule has 0 amide bonds. The lowest BCUT2D eigenvalue weighted by Gasteiger charge is -2.33. The van der Waals surface area contributed by atoms with E-state index in [9.17, 15) is 0 Å². The van der Waals surface area contributed by atoms with E-state index in [1.165, 1.54) is 28.1 Å². The zero-order chi connectivity index (χ0) is 15.9. The number of aryl methyl sites for hydroxylation is 1. The van der Waals surface area contributed by atoms with E-state index in [2.05, 4.69) is 66.4 Å². The van der Waals surface area contributed by atoms with Crippen molar-refractivity contribution in [2.75, 3.05) is 11.4 Å². The Balaban J connectivity index is 2.80. The van der Waals surface area contributed by atoms with Gasteiger partial charge < -0.3 is 4.90 Å². The molecule has 0 spiro atoms. The van der Waals surface area contributed by atoms with Gasteiger partial charge in [0.25, 0.3) is 0 Å². The summed E-state index contributed by atoms with van der Waals surface area (Å²) in [7, 11) is 0. The summed E-state index contributed by atoms with van der Waals surface area (Å²) in [6.45, 7) is 19.2. The maximum Gasteiger partial charge on any atom is 0.0897 e. The third-order valence-corrected chi connectivity index (χ3v) is 4.84. The van der Waals surface area contributed by atoms with Crippen LogP contribution in [0.2, 0.25) is 0 Å². The topological polar surface area (TPSA) is 16.1 Å². The molecule has 1 aromatic rings. The van der Waals surface area contributed by atoms with E-state index in [4.69, 9.17) is 4.98 Å². The van der Waals surface area contributed by atoms with Gasteiger partial charge in [0.05, 0.1) is 11.4 Å². The maximum atomic E-state index is 4.92. The summed E-state index contributed by atoms with van der Waals surface area (Å²) in [6.07, 6.45) is 0. The highest BCUT2D eigenvalue weighted by atomic mass is 15.2. The Morgan fingerprint density at radius 1 is 1.14 bits per heavy atom. The average Bonchev–Trinajstić information content (AvgIpc) is 2.49. The molecule has 0 unspecified atom stereocenters. The first-order valence-electron chi connectivity index (χ1n) is 8.19. The third kappa shape index (κ3) is 2.86. The molecular weight excluding hydrogens is 256 g/mol. The largest absolute Gasteiger partial charge is 0.367 e. The van der Waals surface area contributed by atoms with Crippen LogP contribution in [0.15, 0.2) is 11.6 Å². The summed E-state index contributed by atoms with van der Waals surface area (Å²) >= 11 is 0. The minimum atomic E-state index is 0.493. The zero-order valence-electron chi connectivity index (χ0n) is 14.9. The van der Waals surface area contributed by atoms with Gasteiger partial charge in [0.15, 0.2) is 0 Å². The molecule has 2 rings (SSSR count). The van der Waals surface area contributed by atoms with Crippen molar-refractivity contribution >= 4 is 11.3 Å². The van der Waals surface area contributed by atoms with Crippen LogP contribution in [0.4, 0.5) is 5.69 Å². The summed E-state index contributed by atoms with van der Waals surface area (Å²) in [4.78, 5) is 7.47. The van der Waals surface area contributed by atoms with Gasteiger partial charge in [0.1, 0.15) is 0 Å². The molecule has 2 nitrogen and oxygen atoms in total. The number of aromatic nitrogens is 1. The van der Waals surface area contributed by atoms with Crippen LogP contribution in [0.5, 0.6) is 0 Å². The van der Waals surface area contributed by atoms with Crippen LogP contribution in [-0.4, -0.2) is 17.6 Å². The van der Waals surface area contributed by atoms with E-state index in [0.29, 0.717) is 17.9 Å². The first-order chi connectivity index (χ1) is 9.73. The zero-order valence-corrected chi connectivity index (χ0v) is 14.9. The standard InChI is InChI=1S/C19H30N2/c1-11(2)17-9-14(6)20-18-16(8)15(7)13(5)10-21(12(3)4)19(17)18/h9,11-13H,10H2,1-8H3/t13-/m1/s1. The van der Waals surface area contributed by atoms with Gasteiger partial charge in [-0.15, -0.1) is 0 Å². The molecule has 0 aliphatic carbocycles. The quantitative estimate of drug-likeness (QED) is 0.745. The number of rotatable bonds is 2. The lowest BCUT2D eigenvalue weighted by molar-refractivity contribution is 0.590. The number of anilines is 1. The molecule has 0 saturated carbocycles. The minimum Gasteiger partial charge on any atom is -0.367 e. The molecule has 1 aliphatic heterocycles. The van der Waals surface area contributed by atoms with E-state index in [1.807, 2.05) is 0 Å². The Bertz CT molecular complexity index is 567. The molecule has 2 heteroatoms. The Morgan fingerprint density at radius 2 is 1.76 bits per heavy atom.